The van der Waals surface area contributed by atoms with Crippen molar-refractivity contribution in [2.75, 3.05) is 18.0 Å². The second-order valence-electron chi connectivity index (χ2n) is 5.64. The first-order valence-corrected chi connectivity index (χ1v) is 6.03. The fourth-order valence-corrected chi connectivity index (χ4v) is 2.44. The van der Waals surface area contributed by atoms with E-state index < -0.39 is 0 Å². The van der Waals surface area contributed by atoms with E-state index in [0.717, 1.165) is 30.4 Å². The third kappa shape index (κ3) is 2.52. The summed E-state index contributed by atoms with van der Waals surface area (Å²) in [6.07, 6.45) is 2.54. The molecule has 88 valence electrons. The van der Waals surface area contributed by atoms with Crippen LogP contribution in [0.3, 0.4) is 0 Å². The van der Waals surface area contributed by atoms with Crippen molar-refractivity contribution in [3.63, 3.8) is 0 Å². The molecule has 2 rings (SSSR count). The van der Waals surface area contributed by atoms with Crippen LogP contribution in [0.5, 0.6) is 0 Å². The molecular formula is C13H21N3. The number of hydrogen-bond donors (Lipinski definition) is 0. The van der Waals surface area contributed by atoms with Crippen LogP contribution in [0.2, 0.25) is 0 Å². The summed E-state index contributed by atoms with van der Waals surface area (Å²) in [5.74, 6) is 0.908. The lowest BCUT2D eigenvalue weighted by Crippen LogP contribution is -2.41. The molecule has 0 saturated carbocycles. The zero-order valence-electron chi connectivity index (χ0n) is 10.7. The molecule has 0 N–H and O–H groups in total. The predicted octanol–water partition coefficient (Wildman–Crippen LogP) is 2.72. The molecule has 1 saturated heterocycles. The van der Waals surface area contributed by atoms with Gasteiger partial charge in [0.1, 0.15) is 0 Å². The highest BCUT2D eigenvalue weighted by molar-refractivity contribution is 5.33. The molecule has 0 amide bonds. The summed E-state index contributed by atoms with van der Waals surface area (Å²) in [7, 11) is 0. The van der Waals surface area contributed by atoms with Crippen molar-refractivity contribution in [1.29, 1.82) is 0 Å². The molecule has 3 heteroatoms. The number of aromatic nitrogens is 2. The van der Waals surface area contributed by atoms with Crippen molar-refractivity contribution in [1.82, 2.24) is 9.97 Å². The number of hydrogen-bond acceptors (Lipinski definition) is 3. The topological polar surface area (TPSA) is 29.0 Å². The van der Waals surface area contributed by atoms with Crippen LogP contribution in [0.4, 0.5) is 5.95 Å². The lowest BCUT2D eigenvalue weighted by atomic mass is 9.84. The van der Waals surface area contributed by atoms with E-state index in [1.54, 1.807) is 0 Å². The molecule has 0 unspecified atom stereocenters. The molecule has 0 bridgehead atoms. The molecular weight excluding hydrogens is 198 g/mol. The maximum absolute atomic E-state index is 4.54. The summed E-state index contributed by atoms with van der Waals surface area (Å²) >= 11 is 0. The van der Waals surface area contributed by atoms with E-state index in [4.69, 9.17) is 0 Å². The van der Waals surface area contributed by atoms with Crippen LogP contribution in [0.25, 0.3) is 0 Å². The molecule has 0 aromatic carbocycles. The third-order valence-corrected chi connectivity index (χ3v) is 3.15. The molecule has 1 aromatic rings. The molecule has 2 heterocycles. The Bertz CT molecular complexity index is 365. The van der Waals surface area contributed by atoms with Crippen LogP contribution in [0, 0.1) is 19.3 Å². The van der Waals surface area contributed by atoms with E-state index in [2.05, 4.69) is 28.7 Å². The highest BCUT2D eigenvalue weighted by Crippen LogP contribution is 2.30. The number of piperidine rings is 1. The first-order chi connectivity index (χ1) is 7.46. The van der Waals surface area contributed by atoms with Crippen molar-refractivity contribution < 1.29 is 0 Å². The molecule has 16 heavy (non-hydrogen) atoms. The van der Waals surface area contributed by atoms with Gasteiger partial charge in [-0.2, -0.15) is 0 Å². The van der Waals surface area contributed by atoms with Crippen LogP contribution < -0.4 is 4.90 Å². The Labute approximate surface area is 97.9 Å². The van der Waals surface area contributed by atoms with Crippen LogP contribution in [-0.2, 0) is 0 Å². The highest BCUT2D eigenvalue weighted by Gasteiger charge is 2.27. The number of rotatable bonds is 1. The van der Waals surface area contributed by atoms with Gasteiger partial charge in [0.15, 0.2) is 0 Å². The zero-order valence-corrected chi connectivity index (χ0v) is 10.7. The summed E-state index contributed by atoms with van der Waals surface area (Å²) in [4.78, 5) is 11.4. The summed E-state index contributed by atoms with van der Waals surface area (Å²) in [5, 5.41) is 0. The van der Waals surface area contributed by atoms with Crippen molar-refractivity contribution in [3.8, 4) is 0 Å². The van der Waals surface area contributed by atoms with E-state index in [1.807, 2.05) is 19.9 Å². The predicted molar refractivity (Wildman–Crippen MR) is 66.7 cm³/mol. The van der Waals surface area contributed by atoms with Gasteiger partial charge in [-0.1, -0.05) is 13.8 Å². The fraction of sp³-hybridized carbons (Fsp3) is 0.692. The van der Waals surface area contributed by atoms with E-state index >= 15 is 0 Å². The van der Waals surface area contributed by atoms with E-state index in [1.165, 1.54) is 12.8 Å². The average molecular weight is 219 g/mol. The molecule has 0 radical (unpaired) electrons. The quantitative estimate of drug-likeness (QED) is 0.727. The summed E-state index contributed by atoms with van der Waals surface area (Å²) in [6, 6.07) is 2.03. The number of anilines is 1. The van der Waals surface area contributed by atoms with Gasteiger partial charge in [0.05, 0.1) is 0 Å². The summed E-state index contributed by atoms with van der Waals surface area (Å²) in [6.45, 7) is 10.9. The molecule has 0 atom stereocenters. The fourth-order valence-electron chi connectivity index (χ4n) is 2.44. The Kier molecular flexibility index (Phi) is 2.87. The van der Waals surface area contributed by atoms with Gasteiger partial charge in [0, 0.05) is 24.5 Å². The maximum Gasteiger partial charge on any atom is 0.225 e. The van der Waals surface area contributed by atoms with E-state index in [-0.39, 0.29) is 0 Å². The van der Waals surface area contributed by atoms with Crippen molar-refractivity contribution in [2.24, 2.45) is 5.41 Å². The van der Waals surface area contributed by atoms with Gasteiger partial charge in [-0.05, 0) is 38.2 Å². The third-order valence-electron chi connectivity index (χ3n) is 3.15. The Morgan fingerprint density at radius 2 is 1.81 bits per heavy atom. The largest absolute Gasteiger partial charge is 0.340 e. The molecule has 1 aliphatic heterocycles. The summed E-state index contributed by atoms with van der Waals surface area (Å²) < 4.78 is 0. The standard InChI is InChI=1S/C13H21N3/c1-10-8-11(2)15-12(14-10)16-7-5-6-13(3,4)9-16/h8H,5-7,9H2,1-4H3. The van der Waals surface area contributed by atoms with Crippen LogP contribution in [0.1, 0.15) is 38.1 Å². The first kappa shape index (κ1) is 11.4. The number of aryl methyl sites for hydroxylation is 2. The minimum atomic E-state index is 0.388. The van der Waals surface area contributed by atoms with Gasteiger partial charge < -0.3 is 4.90 Å². The van der Waals surface area contributed by atoms with Gasteiger partial charge in [0.25, 0.3) is 0 Å². The van der Waals surface area contributed by atoms with Crippen molar-refractivity contribution >= 4 is 5.95 Å². The Morgan fingerprint density at radius 1 is 1.19 bits per heavy atom. The van der Waals surface area contributed by atoms with Gasteiger partial charge in [0.2, 0.25) is 5.95 Å². The van der Waals surface area contributed by atoms with Crippen LogP contribution >= 0.6 is 0 Å². The van der Waals surface area contributed by atoms with Crippen LogP contribution in [-0.4, -0.2) is 23.1 Å². The molecule has 1 aromatic heterocycles. The summed E-state index contributed by atoms with van der Waals surface area (Å²) in [5.41, 5.74) is 2.51. The second kappa shape index (κ2) is 4.04. The molecule has 3 nitrogen and oxygen atoms in total. The first-order valence-electron chi connectivity index (χ1n) is 6.03. The lowest BCUT2D eigenvalue weighted by molar-refractivity contribution is 0.291. The van der Waals surface area contributed by atoms with E-state index in [9.17, 15) is 0 Å². The SMILES string of the molecule is Cc1cc(C)nc(N2CCCC(C)(C)C2)n1. The minimum Gasteiger partial charge on any atom is -0.340 e. The maximum atomic E-state index is 4.54. The van der Waals surface area contributed by atoms with Gasteiger partial charge in [-0.25, -0.2) is 9.97 Å². The van der Waals surface area contributed by atoms with Gasteiger partial charge in [-0.3, -0.25) is 0 Å². The second-order valence-corrected chi connectivity index (χ2v) is 5.64. The normalized spacial score (nSPS) is 19.9. The smallest absolute Gasteiger partial charge is 0.225 e. The monoisotopic (exact) mass is 219 g/mol. The molecule has 1 aliphatic rings. The minimum absolute atomic E-state index is 0.388. The van der Waals surface area contributed by atoms with Crippen molar-refractivity contribution in [3.05, 3.63) is 17.5 Å². The molecule has 1 fully saturated rings. The van der Waals surface area contributed by atoms with Gasteiger partial charge >= 0.3 is 0 Å². The lowest BCUT2D eigenvalue weighted by Gasteiger charge is -2.38. The molecule has 0 spiro atoms. The number of nitrogens with zero attached hydrogens (tertiary/aromatic N) is 3. The van der Waals surface area contributed by atoms with E-state index in [0.29, 0.717) is 5.41 Å². The Balaban J connectivity index is 2.23. The van der Waals surface area contributed by atoms with Gasteiger partial charge in [-0.15, -0.1) is 0 Å². The molecule has 0 aliphatic carbocycles. The van der Waals surface area contributed by atoms with Crippen LogP contribution in [0.15, 0.2) is 6.07 Å². The average Bonchev–Trinajstić information content (AvgIpc) is 2.14. The zero-order chi connectivity index (χ0) is 11.8. The highest BCUT2D eigenvalue weighted by atomic mass is 15.3. The van der Waals surface area contributed by atoms with Crippen molar-refractivity contribution in [2.45, 2.75) is 40.5 Å². The Morgan fingerprint density at radius 3 is 2.38 bits per heavy atom. The Hall–Kier alpha value is -1.12.